The molecule has 0 saturated carbocycles. The van der Waals surface area contributed by atoms with Crippen molar-refractivity contribution in [2.75, 3.05) is 0 Å². The number of nitrogens with zero attached hydrogens (tertiary/aromatic N) is 3. The molecule has 0 fully saturated rings. The van der Waals surface area contributed by atoms with E-state index in [1.165, 1.54) is 0 Å². The molecule has 0 aliphatic rings. The van der Waals surface area contributed by atoms with Crippen LogP contribution in [0.15, 0.2) is 0 Å². The zero-order valence-corrected chi connectivity index (χ0v) is 5.61. The van der Waals surface area contributed by atoms with Crippen LogP contribution in [0.1, 0.15) is 0 Å². The molecule has 0 radical (unpaired) electrons. The summed E-state index contributed by atoms with van der Waals surface area (Å²) in [5.41, 5.74) is 6.85. The minimum atomic E-state index is -0.222. The molecule has 0 unspecified atom stereocenters. The van der Waals surface area contributed by atoms with Gasteiger partial charge in [0, 0.05) is 5.95 Å². The van der Waals surface area contributed by atoms with E-state index in [2.05, 4.69) is 15.0 Å². The van der Waals surface area contributed by atoms with Crippen LogP contribution in [0, 0.1) is 0 Å². The summed E-state index contributed by atoms with van der Waals surface area (Å²) in [4.78, 5) is 10.1. The summed E-state index contributed by atoms with van der Waals surface area (Å²) in [6, 6.07) is 0. The van der Waals surface area contributed by atoms with Gasteiger partial charge in [-0.15, -0.1) is 0 Å². The van der Waals surface area contributed by atoms with E-state index in [-0.39, 0.29) is 16.5 Å². The molecular formula is C3HCl2N4-. The number of aromatic nitrogens is 3. The third kappa shape index (κ3) is 1.65. The lowest BCUT2D eigenvalue weighted by atomic mass is 11.0. The highest BCUT2D eigenvalue weighted by molar-refractivity contribution is 6.31. The first-order chi connectivity index (χ1) is 4.18. The van der Waals surface area contributed by atoms with E-state index in [1.54, 1.807) is 0 Å². The fraction of sp³-hybridized carbons (Fsp3) is 0. The molecule has 0 aliphatic heterocycles. The SMILES string of the molecule is [NH-]c1nc(Cl)nc(Cl)n1. The van der Waals surface area contributed by atoms with Gasteiger partial charge >= 0.3 is 0 Å². The van der Waals surface area contributed by atoms with Crippen molar-refractivity contribution in [1.29, 1.82) is 0 Å². The lowest BCUT2D eigenvalue weighted by molar-refractivity contribution is 1.08. The molecule has 0 bridgehead atoms. The molecule has 0 saturated heterocycles. The smallest absolute Gasteiger partial charge is 0.154 e. The second kappa shape index (κ2) is 2.33. The minimum absolute atomic E-state index is 0.0556. The quantitative estimate of drug-likeness (QED) is 0.587. The molecule has 1 rings (SSSR count). The van der Waals surface area contributed by atoms with E-state index in [4.69, 9.17) is 28.9 Å². The van der Waals surface area contributed by atoms with Gasteiger partial charge in [0.1, 0.15) is 0 Å². The van der Waals surface area contributed by atoms with Crippen molar-refractivity contribution in [3.05, 3.63) is 16.3 Å². The van der Waals surface area contributed by atoms with Crippen LogP contribution in [0.2, 0.25) is 10.6 Å². The van der Waals surface area contributed by atoms with Gasteiger partial charge in [-0.25, -0.2) is 4.98 Å². The summed E-state index contributed by atoms with van der Waals surface area (Å²) in [6.07, 6.45) is 0. The molecule has 1 aromatic rings. The standard InChI is InChI=1S/C3HCl2N4/c4-1-7-2(5)9-3(6)8-1/h(H-,6,7,8,9)/q-1. The zero-order valence-electron chi connectivity index (χ0n) is 4.10. The largest absolute Gasteiger partial charge is 0.410 e. The third-order valence-corrected chi connectivity index (χ3v) is 0.919. The van der Waals surface area contributed by atoms with Crippen LogP contribution in [0.4, 0.5) is 5.95 Å². The Morgan fingerprint density at radius 2 is 1.44 bits per heavy atom. The van der Waals surface area contributed by atoms with Crippen molar-refractivity contribution in [3.63, 3.8) is 0 Å². The van der Waals surface area contributed by atoms with Gasteiger partial charge in [-0.1, -0.05) is 23.2 Å². The monoisotopic (exact) mass is 163 g/mol. The first-order valence-corrected chi connectivity index (χ1v) is 2.73. The lowest BCUT2D eigenvalue weighted by Gasteiger charge is -2.01. The fourth-order valence-corrected chi connectivity index (χ4v) is 0.689. The second-order valence-corrected chi connectivity index (χ2v) is 1.87. The van der Waals surface area contributed by atoms with Crippen molar-refractivity contribution < 1.29 is 0 Å². The van der Waals surface area contributed by atoms with E-state index >= 15 is 0 Å². The Kier molecular flexibility index (Phi) is 1.68. The van der Waals surface area contributed by atoms with Crippen LogP contribution in [-0.2, 0) is 0 Å². The molecule has 1 heterocycles. The highest BCUT2D eigenvalue weighted by Gasteiger charge is 1.86. The van der Waals surface area contributed by atoms with Crippen LogP contribution < -0.4 is 0 Å². The number of hydrogen-bond acceptors (Lipinski definition) is 3. The van der Waals surface area contributed by atoms with Crippen LogP contribution >= 0.6 is 23.2 Å². The predicted molar refractivity (Wildman–Crippen MR) is 33.8 cm³/mol. The van der Waals surface area contributed by atoms with Gasteiger partial charge in [0.15, 0.2) is 10.6 Å². The average molecular weight is 164 g/mol. The van der Waals surface area contributed by atoms with Gasteiger partial charge < -0.3 is 15.7 Å². The number of halogens is 2. The maximum Gasteiger partial charge on any atom is 0.154 e. The Bertz CT molecular complexity index is 175. The highest BCUT2D eigenvalue weighted by atomic mass is 35.5. The fourth-order valence-electron chi connectivity index (χ4n) is 0.326. The zero-order chi connectivity index (χ0) is 6.85. The molecule has 0 atom stereocenters. The summed E-state index contributed by atoms with van der Waals surface area (Å²) < 4.78 is 0. The Balaban J connectivity index is 3.17. The minimum Gasteiger partial charge on any atom is -0.410 e. The first-order valence-electron chi connectivity index (χ1n) is 1.97. The Morgan fingerprint density at radius 3 is 1.78 bits per heavy atom. The molecular weight excluding hydrogens is 163 g/mol. The summed E-state index contributed by atoms with van der Waals surface area (Å²) >= 11 is 10.6. The van der Waals surface area contributed by atoms with E-state index in [9.17, 15) is 0 Å². The van der Waals surface area contributed by atoms with Crippen molar-refractivity contribution in [3.8, 4) is 0 Å². The molecule has 1 aromatic heterocycles. The van der Waals surface area contributed by atoms with E-state index in [0.717, 1.165) is 0 Å². The third-order valence-electron chi connectivity index (χ3n) is 0.581. The summed E-state index contributed by atoms with van der Waals surface area (Å²) in [6.45, 7) is 0. The van der Waals surface area contributed by atoms with Crippen LogP contribution in [0.25, 0.3) is 5.73 Å². The summed E-state index contributed by atoms with van der Waals surface area (Å²) in [5, 5.41) is -0.111. The van der Waals surface area contributed by atoms with Gasteiger partial charge in [0.2, 0.25) is 0 Å². The van der Waals surface area contributed by atoms with Gasteiger partial charge in [-0.05, 0) is 0 Å². The van der Waals surface area contributed by atoms with E-state index < -0.39 is 0 Å². The molecule has 9 heavy (non-hydrogen) atoms. The molecule has 48 valence electrons. The summed E-state index contributed by atoms with van der Waals surface area (Å²) in [5.74, 6) is -0.222. The molecule has 1 N–H and O–H groups in total. The predicted octanol–water partition coefficient (Wildman–Crippen LogP) is 1.86. The maximum absolute atomic E-state index is 6.85. The van der Waals surface area contributed by atoms with Crippen molar-refractivity contribution in [2.24, 2.45) is 0 Å². The van der Waals surface area contributed by atoms with Crippen LogP contribution in [0.3, 0.4) is 0 Å². The van der Waals surface area contributed by atoms with Crippen molar-refractivity contribution in [2.45, 2.75) is 0 Å². The average Bonchev–Trinajstić information content (AvgIpc) is 1.59. The molecule has 0 aliphatic carbocycles. The van der Waals surface area contributed by atoms with Crippen LogP contribution in [0.5, 0.6) is 0 Å². The van der Waals surface area contributed by atoms with E-state index in [1.807, 2.05) is 0 Å². The van der Waals surface area contributed by atoms with Crippen LogP contribution in [-0.4, -0.2) is 15.0 Å². The Labute approximate surface area is 61.0 Å². The van der Waals surface area contributed by atoms with E-state index in [0.29, 0.717) is 0 Å². The Morgan fingerprint density at radius 1 is 1.00 bits per heavy atom. The van der Waals surface area contributed by atoms with Crippen molar-refractivity contribution in [1.82, 2.24) is 15.0 Å². The maximum atomic E-state index is 6.85. The highest BCUT2D eigenvalue weighted by Crippen LogP contribution is 2.09. The summed E-state index contributed by atoms with van der Waals surface area (Å²) in [7, 11) is 0. The Hall–Kier alpha value is -0.610. The topological polar surface area (TPSA) is 62.5 Å². The number of hydrogen-bond donors (Lipinski definition) is 0. The first kappa shape index (κ1) is 6.51. The molecule has 0 amide bonds. The second-order valence-electron chi connectivity index (χ2n) is 1.20. The van der Waals surface area contributed by atoms with Crippen molar-refractivity contribution >= 4 is 29.2 Å². The molecule has 4 nitrogen and oxygen atoms in total. The lowest BCUT2D eigenvalue weighted by Crippen LogP contribution is -1.85. The van der Waals surface area contributed by atoms with Gasteiger partial charge in [0.25, 0.3) is 0 Å². The number of nitrogens with one attached hydrogen (secondary N) is 1. The van der Waals surface area contributed by atoms with Gasteiger partial charge in [0.05, 0.1) is 0 Å². The normalized spacial score (nSPS) is 9.56. The molecule has 0 aromatic carbocycles. The molecule has 0 spiro atoms. The number of rotatable bonds is 0. The van der Waals surface area contributed by atoms with Gasteiger partial charge in [-0.3, -0.25) is 0 Å². The molecule has 6 heteroatoms. The van der Waals surface area contributed by atoms with Gasteiger partial charge in [-0.2, -0.15) is 0 Å².